The molecular weight excluding hydrogens is 250 g/mol. The van der Waals surface area contributed by atoms with E-state index in [0.717, 1.165) is 30.2 Å². The minimum Gasteiger partial charge on any atom is -0.394 e. The van der Waals surface area contributed by atoms with E-state index in [2.05, 4.69) is 35.9 Å². The van der Waals surface area contributed by atoms with Crippen molar-refractivity contribution >= 4 is 11.5 Å². The Hall–Kier alpha value is -2.04. The van der Waals surface area contributed by atoms with Crippen LogP contribution >= 0.6 is 0 Å². The summed E-state index contributed by atoms with van der Waals surface area (Å²) < 4.78 is 2.00. The lowest BCUT2D eigenvalue weighted by atomic mass is 10.2. The second-order valence-corrected chi connectivity index (χ2v) is 5.39. The van der Waals surface area contributed by atoms with Crippen LogP contribution in [0.2, 0.25) is 0 Å². The zero-order valence-corrected chi connectivity index (χ0v) is 12.7. The maximum Gasteiger partial charge on any atom is 0.150 e. The van der Waals surface area contributed by atoms with Crippen LogP contribution in [0.25, 0.3) is 0 Å². The van der Waals surface area contributed by atoms with Gasteiger partial charge in [0, 0.05) is 32.0 Å². The molecule has 0 radical (unpaired) electrons. The first-order valence-corrected chi connectivity index (χ1v) is 6.95. The van der Waals surface area contributed by atoms with Gasteiger partial charge in [-0.15, -0.1) is 0 Å². The number of likely N-dealkylation sites (N-methyl/N-ethyl adjacent to an activating group) is 1. The van der Waals surface area contributed by atoms with E-state index in [1.165, 1.54) is 5.56 Å². The van der Waals surface area contributed by atoms with Gasteiger partial charge in [0.05, 0.1) is 11.4 Å². The molecule has 0 aliphatic rings. The van der Waals surface area contributed by atoms with Gasteiger partial charge in [-0.2, -0.15) is 5.10 Å². The fraction of sp³-hybridized carbons (Fsp3) is 0.467. The first-order chi connectivity index (χ1) is 9.50. The van der Waals surface area contributed by atoms with E-state index in [4.69, 9.17) is 5.73 Å². The van der Waals surface area contributed by atoms with Gasteiger partial charge in [-0.1, -0.05) is 0 Å². The van der Waals surface area contributed by atoms with Gasteiger partial charge in [-0.05, 0) is 44.9 Å². The minimum atomic E-state index is 0.296. The van der Waals surface area contributed by atoms with E-state index < -0.39 is 0 Å². The summed E-state index contributed by atoms with van der Waals surface area (Å²) in [6, 6.07) is 4.38. The molecule has 5 heteroatoms. The van der Waals surface area contributed by atoms with Gasteiger partial charge in [0.2, 0.25) is 0 Å². The third-order valence-electron chi connectivity index (χ3n) is 3.44. The molecule has 0 bridgehead atoms. The van der Waals surface area contributed by atoms with Gasteiger partial charge >= 0.3 is 0 Å². The molecule has 2 N–H and O–H groups in total. The molecule has 0 aliphatic carbocycles. The molecule has 0 saturated heterocycles. The number of nitrogens with two attached hydrogens (primary N) is 1. The Balaban J connectivity index is 2.15. The van der Waals surface area contributed by atoms with Gasteiger partial charge in [0.25, 0.3) is 0 Å². The highest BCUT2D eigenvalue weighted by Gasteiger charge is 2.18. The van der Waals surface area contributed by atoms with Gasteiger partial charge in [-0.25, -0.2) is 4.68 Å². The molecule has 20 heavy (non-hydrogen) atoms. The average molecular weight is 273 g/mol. The van der Waals surface area contributed by atoms with Crippen LogP contribution in [0.1, 0.15) is 31.1 Å². The Morgan fingerprint density at radius 1 is 1.30 bits per heavy atom. The fourth-order valence-electron chi connectivity index (χ4n) is 2.24. The Bertz CT molecular complexity index is 559. The van der Waals surface area contributed by atoms with Crippen LogP contribution in [0.4, 0.5) is 11.5 Å². The van der Waals surface area contributed by atoms with Crippen molar-refractivity contribution in [2.24, 2.45) is 0 Å². The number of rotatable bonds is 5. The first kappa shape index (κ1) is 14.4. The molecule has 0 saturated carbocycles. The van der Waals surface area contributed by atoms with Crippen LogP contribution in [0.3, 0.4) is 0 Å². The fourth-order valence-corrected chi connectivity index (χ4v) is 2.24. The molecule has 0 atom stereocenters. The standard InChI is InChI=1S/C15H23N5/c1-11(2)20-15(14(16)12(3)18-20)19(4)10-7-13-5-8-17-9-6-13/h5-6,8-9,11H,7,10,16H2,1-4H3. The zero-order valence-electron chi connectivity index (χ0n) is 12.7. The van der Waals surface area contributed by atoms with Crippen LogP contribution in [0.5, 0.6) is 0 Å². The van der Waals surface area contributed by atoms with Crippen LogP contribution in [0.15, 0.2) is 24.5 Å². The topological polar surface area (TPSA) is 60.0 Å². The predicted octanol–water partition coefficient (Wildman–Crippen LogP) is 2.43. The van der Waals surface area contributed by atoms with E-state index in [-0.39, 0.29) is 0 Å². The Morgan fingerprint density at radius 3 is 2.55 bits per heavy atom. The minimum absolute atomic E-state index is 0.296. The van der Waals surface area contributed by atoms with Gasteiger partial charge in [-0.3, -0.25) is 4.98 Å². The normalized spacial score (nSPS) is 11.1. The van der Waals surface area contributed by atoms with Crippen molar-refractivity contribution in [3.63, 3.8) is 0 Å². The molecule has 0 unspecified atom stereocenters. The Kier molecular flexibility index (Phi) is 4.27. The van der Waals surface area contributed by atoms with E-state index in [9.17, 15) is 0 Å². The number of hydrogen-bond acceptors (Lipinski definition) is 4. The summed E-state index contributed by atoms with van der Waals surface area (Å²) in [5.41, 5.74) is 9.12. The lowest BCUT2D eigenvalue weighted by molar-refractivity contribution is 0.526. The number of nitrogen functional groups attached to an aromatic ring is 1. The smallest absolute Gasteiger partial charge is 0.150 e. The molecule has 0 spiro atoms. The number of aromatic nitrogens is 3. The lowest BCUT2D eigenvalue weighted by Gasteiger charge is -2.22. The lowest BCUT2D eigenvalue weighted by Crippen LogP contribution is -2.25. The van der Waals surface area contributed by atoms with Gasteiger partial charge in [0.1, 0.15) is 0 Å². The van der Waals surface area contributed by atoms with Gasteiger partial charge in [0.15, 0.2) is 5.82 Å². The molecule has 0 aliphatic heterocycles. The largest absolute Gasteiger partial charge is 0.394 e. The van der Waals surface area contributed by atoms with Crippen LogP contribution in [0, 0.1) is 6.92 Å². The van der Waals surface area contributed by atoms with E-state index in [1.54, 1.807) is 0 Å². The van der Waals surface area contributed by atoms with E-state index in [0.29, 0.717) is 6.04 Å². The quantitative estimate of drug-likeness (QED) is 0.909. The second-order valence-electron chi connectivity index (χ2n) is 5.39. The van der Waals surface area contributed by atoms with Crippen molar-refractivity contribution in [2.45, 2.75) is 33.2 Å². The summed E-state index contributed by atoms with van der Waals surface area (Å²) in [5.74, 6) is 1.01. The summed E-state index contributed by atoms with van der Waals surface area (Å²) in [4.78, 5) is 6.21. The highest BCUT2D eigenvalue weighted by Crippen LogP contribution is 2.28. The predicted molar refractivity (Wildman–Crippen MR) is 83.0 cm³/mol. The Labute approximate surface area is 120 Å². The molecular formula is C15H23N5. The molecule has 108 valence electrons. The highest BCUT2D eigenvalue weighted by atomic mass is 15.4. The van der Waals surface area contributed by atoms with Crippen molar-refractivity contribution in [1.82, 2.24) is 14.8 Å². The third kappa shape index (κ3) is 2.92. The molecule has 0 fully saturated rings. The molecule has 2 aromatic rings. The number of hydrogen-bond donors (Lipinski definition) is 1. The second kappa shape index (κ2) is 5.94. The van der Waals surface area contributed by atoms with Crippen molar-refractivity contribution in [2.75, 3.05) is 24.2 Å². The monoisotopic (exact) mass is 273 g/mol. The average Bonchev–Trinajstić information content (AvgIpc) is 2.74. The SMILES string of the molecule is Cc1nn(C(C)C)c(N(C)CCc2ccncc2)c1N. The first-order valence-electron chi connectivity index (χ1n) is 6.95. The molecule has 0 amide bonds. The van der Waals surface area contributed by atoms with Crippen LogP contribution in [-0.4, -0.2) is 28.4 Å². The number of aryl methyl sites for hydroxylation is 1. The molecule has 2 rings (SSSR count). The maximum atomic E-state index is 6.18. The summed E-state index contributed by atoms with van der Waals surface area (Å²) in [6.45, 7) is 7.08. The molecule has 2 heterocycles. The molecule has 0 aromatic carbocycles. The van der Waals surface area contributed by atoms with Gasteiger partial charge < -0.3 is 10.6 Å². The number of nitrogens with zero attached hydrogens (tertiary/aromatic N) is 4. The van der Waals surface area contributed by atoms with Crippen molar-refractivity contribution in [1.29, 1.82) is 0 Å². The number of pyridine rings is 1. The summed E-state index contributed by atoms with van der Waals surface area (Å²) in [5, 5.41) is 4.53. The third-order valence-corrected chi connectivity index (χ3v) is 3.44. The van der Waals surface area contributed by atoms with Crippen LogP contribution < -0.4 is 10.6 Å². The van der Waals surface area contributed by atoms with Crippen molar-refractivity contribution < 1.29 is 0 Å². The summed E-state index contributed by atoms with van der Waals surface area (Å²) >= 11 is 0. The number of anilines is 2. The van der Waals surface area contributed by atoms with Crippen molar-refractivity contribution in [3.8, 4) is 0 Å². The molecule has 5 nitrogen and oxygen atoms in total. The summed E-state index contributed by atoms with van der Waals surface area (Å²) in [6.07, 6.45) is 4.61. The Morgan fingerprint density at radius 2 is 1.95 bits per heavy atom. The maximum absolute atomic E-state index is 6.18. The van der Waals surface area contributed by atoms with Crippen molar-refractivity contribution in [3.05, 3.63) is 35.8 Å². The zero-order chi connectivity index (χ0) is 14.7. The van der Waals surface area contributed by atoms with Crippen LogP contribution in [-0.2, 0) is 6.42 Å². The summed E-state index contributed by atoms with van der Waals surface area (Å²) in [7, 11) is 2.06. The highest BCUT2D eigenvalue weighted by molar-refractivity contribution is 5.66. The van der Waals surface area contributed by atoms with E-state index in [1.807, 2.05) is 36.1 Å². The molecule has 2 aromatic heterocycles. The van der Waals surface area contributed by atoms with E-state index >= 15 is 0 Å².